The zero-order valence-corrected chi connectivity index (χ0v) is 14.3. The molecular weight excluding hydrogens is 326 g/mol. The van der Waals surface area contributed by atoms with E-state index in [-0.39, 0.29) is 17.9 Å². The monoisotopic (exact) mass is 345 g/mol. The Labute approximate surface area is 143 Å². The van der Waals surface area contributed by atoms with Gasteiger partial charge in [-0.25, -0.2) is 4.98 Å². The van der Waals surface area contributed by atoms with Gasteiger partial charge in [-0.2, -0.15) is 0 Å². The van der Waals surface area contributed by atoms with Crippen molar-refractivity contribution in [1.82, 2.24) is 14.7 Å². The predicted octanol–water partition coefficient (Wildman–Crippen LogP) is 1.77. The molecule has 3 rings (SSSR count). The Balaban J connectivity index is 1.87. The average molecular weight is 345 g/mol. The topological polar surface area (TPSA) is 86.9 Å². The third kappa shape index (κ3) is 3.19. The van der Waals surface area contributed by atoms with Crippen molar-refractivity contribution in [2.45, 2.75) is 25.9 Å². The van der Waals surface area contributed by atoms with Gasteiger partial charge in [0.25, 0.3) is 5.56 Å². The third-order valence-electron chi connectivity index (χ3n) is 4.00. The van der Waals surface area contributed by atoms with Crippen LogP contribution in [0.3, 0.4) is 0 Å². The Morgan fingerprint density at radius 1 is 1.38 bits per heavy atom. The summed E-state index contributed by atoms with van der Waals surface area (Å²) in [5.41, 5.74) is 0.498. The van der Waals surface area contributed by atoms with E-state index >= 15 is 0 Å². The molecule has 126 valence electrons. The molecule has 24 heavy (non-hydrogen) atoms. The molecule has 0 saturated carbocycles. The second-order valence-electron chi connectivity index (χ2n) is 5.97. The van der Waals surface area contributed by atoms with Crippen molar-refractivity contribution < 1.29 is 10.2 Å². The fourth-order valence-electron chi connectivity index (χ4n) is 2.53. The van der Waals surface area contributed by atoms with E-state index in [1.807, 2.05) is 19.9 Å². The molecule has 1 atom stereocenters. The van der Waals surface area contributed by atoms with Gasteiger partial charge in [-0.15, -0.1) is 11.3 Å². The highest BCUT2D eigenvalue weighted by atomic mass is 32.1. The van der Waals surface area contributed by atoms with Gasteiger partial charge >= 0.3 is 0 Å². The molecule has 3 N–H and O–H groups in total. The maximum Gasteiger partial charge on any atom is 0.258 e. The lowest BCUT2D eigenvalue weighted by atomic mass is 9.92. The fraction of sp³-hybridized carbons (Fsp3) is 0.294. The molecule has 0 aliphatic carbocycles. The van der Waals surface area contributed by atoms with Crippen LogP contribution in [0.4, 0.5) is 0 Å². The summed E-state index contributed by atoms with van der Waals surface area (Å²) >= 11 is 1.46. The Hall–Kier alpha value is -2.22. The summed E-state index contributed by atoms with van der Waals surface area (Å²) < 4.78 is 1.53. The fourth-order valence-corrected chi connectivity index (χ4v) is 3.38. The molecule has 0 radical (unpaired) electrons. The number of aryl methyl sites for hydroxylation is 1. The van der Waals surface area contributed by atoms with Crippen LogP contribution in [0.15, 0.2) is 41.3 Å². The summed E-state index contributed by atoms with van der Waals surface area (Å²) in [7, 11) is 0. The second kappa shape index (κ2) is 6.35. The minimum atomic E-state index is -0.753. The van der Waals surface area contributed by atoms with Crippen LogP contribution in [0, 0.1) is 6.92 Å². The highest BCUT2D eigenvalue weighted by Gasteiger charge is 2.25. The lowest BCUT2D eigenvalue weighted by Gasteiger charge is -2.29. The van der Waals surface area contributed by atoms with Gasteiger partial charge in [0.2, 0.25) is 0 Å². The van der Waals surface area contributed by atoms with Gasteiger partial charge in [0, 0.05) is 23.7 Å². The normalized spacial score (nSPS) is 14.0. The largest absolute Gasteiger partial charge is 0.508 e. The van der Waals surface area contributed by atoms with Crippen LogP contribution in [-0.2, 0) is 12.1 Å². The number of rotatable bonds is 5. The number of fused-ring (bicyclic) bond motifs is 1. The van der Waals surface area contributed by atoms with Gasteiger partial charge in [-0.3, -0.25) is 9.20 Å². The van der Waals surface area contributed by atoms with Crippen molar-refractivity contribution in [3.8, 4) is 5.75 Å². The molecule has 2 aromatic heterocycles. The van der Waals surface area contributed by atoms with Crippen LogP contribution in [0.2, 0.25) is 0 Å². The minimum absolute atomic E-state index is 0.121. The first-order valence-electron chi connectivity index (χ1n) is 7.55. The zero-order chi connectivity index (χ0) is 17.3. The maximum absolute atomic E-state index is 12.1. The molecule has 0 saturated heterocycles. The Morgan fingerprint density at radius 2 is 2.17 bits per heavy atom. The Kier molecular flexibility index (Phi) is 4.40. The first-order valence-corrected chi connectivity index (χ1v) is 8.37. The molecule has 0 aliphatic heterocycles. The predicted molar refractivity (Wildman–Crippen MR) is 93.5 cm³/mol. The quantitative estimate of drug-likeness (QED) is 0.656. The van der Waals surface area contributed by atoms with E-state index in [9.17, 15) is 15.0 Å². The molecule has 3 aromatic rings. The number of aromatic nitrogens is 2. The highest BCUT2D eigenvalue weighted by molar-refractivity contribution is 7.16. The third-order valence-corrected chi connectivity index (χ3v) is 4.89. The first kappa shape index (κ1) is 16.6. The Bertz CT molecular complexity index is 934. The van der Waals surface area contributed by atoms with E-state index in [1.54, 1.807) is 24.4 Å². The number of nitrogens with zero attached hydrogens (tertiary/aromatic N) is 2. The van der Waals surface area contributed by atoms with Crippen molar-refractivity contribution in [1.29, 1.82) is 0 Å². The molecule has 7 heteroatoms. The summed E-state index contributed by atoms with van der Waals surface area (Å²) in [6.07, 6.45) is 1.77. The van der Waals surface area contributed by atoms with E-state index in [0.717, 1.165) is 10.4 Å². The molecule has 0 aliphatic rings. The van der Waals surface area contributed by atoms with Gasteiger partial charge in [0.15, 0.2) is 4.96 Å². The summed E-state index contributed by atoms with van der Waals surface area (Å²) in [6.45, 7) is 3.94. The summed E-state index contributed by atoms with van der Waals surface area (Å²) in [5, 5.41) is 22.7. The van der Waals surface area contributed by atoms with Crippen molar-refractivity contribution in [2.75, 3.05) is 6.61 Å². The first-order chi connectivity index (χ1) is 11.4. The summed E-state index contributed by atoms with van der Waals surface area (Å²) in [6, 6.07) is 8.24. The van der Waals surface area contributed by atoms with Crippen LogP contribution in [0.5, 0.6) is 5.75 Å². The molecule has 0 spiro atoms. The van der Waals surface area contributed by atoms with Crippen LogP contribution in [0.1, 0.15) is 23.1 Å². The number of aromatic hydroxyl groups is 1. The maximum atomic E-state index is 12.1. The lowest BCUT2D eigenvalue weighted by molar-refractivity contribution is 0.173. The van der Waals surface area contributed by atoms with Crippen molar-refractivity contribution >= 4 is 16.3 Å². The zero-order valence-electron chi connectivity index (χ0n) is 13.5. The number of aliphatic hydroxyl groups is 1. The van der Waals surface area contributed by atoms with Crippen LogP contribution in [0.25, 0.3) is 4.96 Å². The standard InChI is InChI=1S/C17H19N3O3S/c1-11-9-20-15(23)7-13(19-16(20)24-11)8-18-17(2,10-21)12-4-3-5-14(22)6-12/h3-7,9,18,21-22H,8,10H2,1-2H3. The Morgan fingerprint density at radius 3 is 2.88 bits per heavy atom. The van der Waals surface area contributed by atoms with E-state index in [0.29, 0.717) is 17.2 Å². The number of nitrogens with one attached hydrogen (secondary N) is 1. The number of aliphatic hydroxyl groups excluding tert-OH is 1. The molecule has 0 fully saturated rings. The molecule has 2 heterocycles. The minimum Gasteiger partial charge on any atom is -0.508 e. The van der Waals surface area contributed by atoms with E-state index < -0.39 is 5.54 Å². The molecule has 0 bridgehead atoms. The highest BCUT2D eigenvalue weighted by Crippen LogP contribution is 2.24. The van der Waals surface area contributed by atoms with Crippen molar-refractivity contribution in [3.63, 3.8) is 0 Å². The number of hydrogen-bond donors (Lipinski definition) is 3. The van der Waals surface area contributed by atoms with Gasteiger partial charge in [-0.05, 0) is 31.5 Å². The van der Waals surface area contributed by atoms with Crippen LogP contribution in [-0.4, -0.2) is 26.2 Å². The van der Waals surface area contributed by atoms with E-state index in [1.165, 1.54) is 21.8 Å². The molecular formula is C17H19N3O3S. The molecule has 0 amide bonds. The van der Waals surface area contributed by atoms with Crippen molar-refractivity contribution in [2.24, 2.45) is 0 Å². The van der Waals surface area contributed by atoms with Gasteiger partial charge in [0.1, 0.15) is 5.75 Å². The number of phenols is 1. The summed E-state index contributed by atoms with van der Waals surface area (Å²) in [4.78, 5) is 18.3. The number of hydrogen-bond acceptors (Lipinski definition) is 6. The molecule has 1 aromatic carbocycles. The smallest absolute Gasteiger partial charge is 0.258 e. The van der Waals surface area contributed by atoms with E-state index in [4.69, 9.17) is 0 Å². The van der Waals surface area contributed by atoms with Gasteiger partial charge in [0.05, 0.1) is 17.8 Å². The number of thiazole rings is 1. The SMILES string of the molecule is Cc1cn2c(=O)cc(CNC(C)(CO)c3cccc(O)c3)nc2s1. The summed E-state index contributed by atoms with van der Waals surface area (Å²) in [5.74, 6) is 0.140. The van der Waals surface area contributed by atoms with Gasteiger partial charge in [-0.1, -0.05) is 12.1 Å². The lowest BCUT2D eigenvalue weighted by Crippen LogP contribution is -2.42. The second-order valence-corrected chi connectivity index (χ2v) is 7.19. The molecule has 1 unspecified atom stereocenters. The van der Waals surface area contributed by atoms with Crippen LogP contribution < -0.4 is 10.9 Å². The van der Waals surface area contributed by atoms with E-state index in [2.05, 4.69) is 10.3 Å². The molecule has 6 nitrogen and oxygen atoms in total. The number of benzene rings is 1. The van der Waals surface area contributed by atoms with Crippen molar-refractivity contribution in [3.05, 3.63) is 63.0 Å². The van der Waals surface area contributed by atoms with Gasteiger partial charge < -0.3 is 15.5 Å². The average Bonchev–Trinajstić information content (AvgIpc) is 2.93. The van der Waals surface area contributed by atoms with Crippen LogP contribution >= 0.6 is 11.3 Å². The number of phenolic OH excluding ortho intramolecular Hbond substituents is 1.